The molecule has 0 radical (unpaired) electrons. The van der Waals surface area contributed by atoms with Crippen molar-refractivity contribution in [2.24, 2.45) is 5.92 Å². The summed E-state index contributed by atoms with van der Waals surface area (Å²) in [5.41, 5.74) is 1.39. The average Bonchev–Trinajstić information content (AvgIpc) is 3.34. The van der Waals surface area contributed by atoms with Gasteiger partial charge in [0.2, 0.25) is 5.95 Å². The molecule has 29 heavy (non-hydrogen) atoms. The summed E-state index contributed by atoms with van der Waals surface area (Å²) in [4.78, 5) is 30.0. The third-order valence-electron chi connectivity index (χ3n) is 4.72. The molecule has 10 heteroatoms. The van der Waals surface area contributed by atoms with Crippen LogP contribution in [-0.4, -0.2) is 45.6 Å². The zero-order valence-electron chi connectivity index (χ0n) is 16.1. The minimum atomic E-state index is -0.418. The van der Waals surface area contributed by atoms with Crippen molar-refractivity contribution in [1.82, 2.24) is 25.3 Å². The van der Waals surface area contributed by atoms with E-state index in [0.717, 1.165) is 24.2 Å². The van der Waals surface area contributed by atoms with Crippen LogP contribution in [0.4, 0.5) is 10.3 Å². The Morgan fingerprint density at radius 1 is 1.38 bits per heavy atom. The molecule has 1 aliphatic rings. The van der Waals surface area contributed by atoms with Crippen molar-refractivity contribution in [3.63, 3.8) is 0 Å². The van der Waals surface area contributed by atoms with Crippen molar-refractivity contribution in [3.05, 3.63) is 40.5 Å². The normalized spacial score (nSPS) is 17.4. The monoisotopic (exact) mass is 416 g/mol. The zero-order chi connectivity index (χ0) is 20.4. The molecule has 2 N–H and O–H groups in total. The SMILES string of the molecule is Cc1nc2nc(NC(C)c3cncc(F)c3)nc(C(=O)NC[C@H]3CCOC3)c2s1. The molecule has 1 saturated heterocycles. The minimum Gasteiger partial charge on any atom is -0.381 e. The number of hydrogen-bond donors (Lipinski definition) is 2. The predicted molar refractivity (Wildman–Crippen MR) is 107 cm³/mol. The number of amides is 1. The van der Waals surface area contributed by atoms with Crippen LogP contribution in [0, 0.1) is 18.7 Å². The smallest absolute Gasteiger partial charge is 0.271 e. The van der Waals surface area contributed by atoms with E-state index in [1.807, 2.05) is 13.8 Å². The number of halogens is 1. The largest absolute Gasteiger partial charge is 0.381 e. The van der Waals surface area contributed by atoms with Crippen LogP contribution in [-0.2, 0) is 4.74 Å². The second-order valence-electron chi connectivity index (χ2n) is 7.02. The number of carbonyl (C=O) groups excluding carboxylic acids is 1. The molecule has 1 fully saturated rings. The van der Waals surface area contributed by atoms with E-state index in [0.29, 0.717) is 35.0 Å². The van der Waals surface area contributed by atoms with Gasteiger partial charge in [-0.2, -0.15) is 4.98 Å². The van der Waals surface area contributed by atoms with Crippen LogP contribution < -0.4 is 10.6 Å². The minimum absolute atomic E-state index is 0.258. The number of fused-ring (bicyclic) bond motifs is 1. The van der Waals surface area contributed by atoms with E-state index < -0.39 is 5.82 Å². The van der Waals surface area contributed by atoms with Gasteiger partial charge in [-0.15, -0.1) is 11.3 Å². The molecule has 4 heterocycles. The lowest BCUT2D eigenvalue weighted by Crippen LogP contribution is -2.30. The molecule has 0 bridgehead atoms. The van der Waals surface area contributed by atoms with Gasteiger partial charge < -0.3 is 15.4 Å². The molecule has 1 amide bonds. The molecular formula is C19H21FN6O2S. The highest BCUT2D eigenvalue weighted by Gasteiger charge is 2.22. The first-order valence-electron chi connectivity index (χ1n) is 9.37. The highest BCUT2D eigenvalue weighted by molar-refractivity contribution is 7.18. The Bertz CT molecular complexity index is 1040. The van der Waals surface area contributed by atoms with E-state index in [4.69, 9.17) is 4.74 Å². The third-order valence-corrected chi connectivity index (χ3v) is 5.69. The third kappa shape index (κ3) is 4.48. The fraction of sp³-hybridized carbons (Fsp3) is 0.421. The first-order chi connectivity index (χ1) is 14.0. The number of nitrogens with zero attached hydrogens (tertiary/aromatic N) is 4. The van der Waals surface area contributed by atoms with E-state index >= 15 is 0 Å². The molecule has 0 spiro atoms. The van der Waals surface area contributed by atoms with Crippen LogP contribution in [0.3, 0.4) is 0 Å². The molecule has 4 rings (SSSR count). The van der Waals surface area contributed by atoms with Gasteiger partial charge in [-0.1, -0.05) is 0 Å². The van der Waals surface area contributed by atoms with Crippen molar-refractivity contribution in [3.8, 4) is 0 Å². The molecule has 0 aliphatic carbocycles. The van der Waals surface area contributed by atoms with Crippen molar-refractivity contribution in [2.45, 2.75) is 26.3 Å². The van der Waals surface area contributed by atoms with Crippen molar-refractivity contribution in [1.29, 1.82) is 0 Å². The number of anilines is 1. The van der Waals surface area contributed by atoms with Crippen LogP contribution in [0.15, 0.2) is 18.5 Å². The summed E-state index contributed by atoms with van der Waals surface area (Å²) in [6, 6.07) is 1.09. The number of aryl methyl sites for hydroxylation is 1. The maximum absolute atomic E-state index is 13.5. The number of aromatic nitrogens is 4. The molecule has 0 aromatic carbocycles. The molecule has 2 atom stereocenters. The molecule has 0 saturated carbocycles. The standard InChI is InChI=1S/C19H21FN6O2S/c1-10(13-5-14(20)8-21-7-13)23-19-25-15(16-17(26-19)24-11(2)29-16)18(27)22-6-12-3-4-28-9-12/h5,7-8,10,12H,3-4,6,9H2,1-2H3,(H,22,27)(H,23,25,26)/t10?,12-/m1/s1. The zero-order valence-corrected chi connectivity index (χ0v) is 16.9. The van der Waals surface area contributed by atoms with E-state index in [-0.39, 0.29) is 23.6 Å². The van der Waals surface area contributed by atoms with Gasteiger partial charge in [0.1, 0.15) is 10.5 Å². The van der Waals surface area contributed by atoms with Gasteiger partial charge in [0, 0.05) is 25.3 Å². The van der Waals surface area contributed by atoms with E-state index in [1.54, 1.807) is 6.20 Å². The number of pyridine rings is 1. The molecule has 8 nitrogen and oxygen atoms in total. The molecule has 152 valence electrons. The van der Waals surface area contributed by atoms with Gasteiger partial charge in [0.25, 0.3) is 5.91 Å². The predicted octanol–water partition coefficient (Wildman–Crippen LogP) is 2.87. The van der Waals surface area contributed by atoms with Gasteiger partial charge in [-0.25, -0.2) is 14.4 Å². The lowest BCUT2D eigenvalue weighted by atomic mass is 10.1. The second-order valence-corrected chi connectivity index (χ2v) is 8.23. The first-order valence-corrected chi connectivity index (χ1v) is 10.2. The van der Waals surface area contributed by atoms with Gasteiger partial charge in [0.15, 0.2) is 11.3 Å². The quantitative estimate of drug-likeness (QED) is 0.637. The Morgan fingerprint density at radius 3 is 3.00 bits per heavy atom. The molecule has 1 unspecified atom stereocenters. The van der Waals surface area contributed by atoms with Crippen LogP contribution in [0.5, 0.6) is 0 Å². The summed E-state index contributed by atoms with van der Waals surface area (Å²) < 4.78 is 19.5. The van der Waals surface area contributed by atoms with E-state index in [2.05, 4.69) is 30.6 Å². The van der Waals surface area contributed by atoms with Gasteiger partial charge in [0.05, 0.1) is 23.9 Å². The fourth-order valence-electron chi connectivity index (χ4n) is 3.15. The number of rotatable bonds is 6. The number of ether oxygens (including phenoxy) is 1. The summed E-state index contributed by atoms with van der Waals surface area (Å²) in [5, 5.41) is 6.86. The Hall–Kier alpha value is -2.72. The Balaban J connectivity index is 1.58. The summed E-state index contributed by atoms with van der Waals surface area (Å²) in [7, 11) is 0. The summed E-state index contributed by atoms with van der Waals surface area (Å²) in [6.45, 7) is 5.63. The summed E-state index contributed by atoms with van der Waals surface area (Å²) in [5.74, 6) is -0.110. The Kier molecular flexibility index (Phi) is 5.63. The highest BCUT2D eigenvalue weighted by Crippen LogP contribution is 2.26. The van der Waals surface area contributed by atoms with Crippen molar-refractivity contribution >= 4 is 33.5 Å². The fourth-order valence-corrected chi connectivity index (χ4v) is 4.00. The number of hydrogen-bond acceptors (Lipinski definition) is 8. The van der Waals surface area contributed by atoms with Crippen LogP contribution >= 0.6 is 11.3 Å². The maximum atomic E-state index is 13.5. The Labute approximate surface area is 171 Å². The van der Waals surface area contributed by atoms with Gasteiger partial charge >= 0.3 is 0 Å². The second kappa shape index (κ2) is 8.34. The summed E-state index contributed by atoms with van der Waals surface area (Å²) >= 11 is 1.38. The molecule has 3 aromatic heterocycles. The van der Waals surface area contributed by atoms with E-state index in [1.165, 1.54) is 17.4 Å². The van der Waals surface area contributed by atoms with Gasteiger partial charge in [-0.05, 0) is 31.9 Å². The first kappa shape index (κ1) is 19.6. The lowest BCUT2D eigenvalue weighted by Gasteiger charge is -2.15. The highest BCUT2D eigenvalue weighted by atomic mass is 32.1. The van der Waals surface area contributed by atoms with Crippen LogP contribution in [0.1, 0.15) is 40.4 Å². The maximum Gasteiger partial charge on any atom is 0.271 e. The molecule has 3 aromatic rings. The van der Waals surface area contributed by atoms with Crippen molar-refractivity contribution < 1.29 is 13.9 Å². The number of nitrogens with one attached hydrogen (secondary N) is 2. The lowest BCUT2D eigenvalue weighted by molar-refractivity contribution is 0.0942. The van der Waals surface area contributed by atoms with Gasteiger partial charge in [-0.3, -0.25) is 9.78 Å². The Morgan fingerprint density at radius 2 is 2.24 bits per heavy atom. The van der Waals surface area contributed by atoms with E-state index in [9.17, 15) is 9.18 Å². The van der Waals surface area contributed by atoms with Crippen molar-refractivity contribution in [2.75, 3.05) is 25.1 Å². The number of thiazole rings is 1. The van der Waals surface area contributed by atoms with Crippen LogP contribution in [0.25, 0.3) is 10.3 Å². The number of carbonyl (C=O) groups is 1. The molecule has 1 aliphatic heterocycles. The average molecular weight is 416 g/mol. The molecular weight excluding hydrogens is 395 g/mol. The topological polar surface area (TPSA) is 102 Å². The summed E-state index contributed by atoms with van der Waals surface area (Å²) in [6.07, 6.45) is 3.66. The van der Waals surface area contributed by atoms with Crippen LogP contribution in [0.2, 0.25) is 0 Å².